The van der Waals surface area contributed by atoms with E-state index in [4.69, 9.17) is 4.74 Å². The number of carbonyl (C=O) groups is 2. The van der Waals surface area contributed by atoms with E-state index in [1.165, 1.54) is 36.4 Å². The van der Waals surface area contributed by atoms with Gasteiger partial charge in [-0.25, -0.2) is 13.2 Å². The summed E-state index contributed by atoms with van der Waals surface area (Å²) >= 11 is 0. The van der Waals surface area contributed by atoms with E-state index in [0.29, 0.717) is 5.56 Å². The second kappa shape index (κ2) is 9.72. The van der Waals surface area contributed by atoms with E-state index in [-0.39, 0.29) is 21.9 Å². The lowest BCUT2D eigenvalue weighted by molar-refractivity contribution is 0.0734. The van der Waals surface area contributed by atoms with E-state index in [9.17, 15) is 18.0 Å². The van der Waals surface area contributed by atoms with Crippen LogP contribution in [-0.4, -0.2) is 20.3 Å². The van der Waals surface area contributed by atoms with Crippen molar-refractivity contribution in [3.05, 3.63) is 126 Å². The molecule has 34 heavy (non-hydrogen) atoms. The molecule has 0 aliphatic carbocycles. The summed E-state index contributed by atoms with van der Waals surface area (Å²) in [5.74, 6) is -1.02. The van der Waals surface area contributed by atoms with E-state index in [1.807, 2.05) is 6.92 Å². The number of hydrogen-bond acceptors (Lipinski definition) is 5. The first kappa shape index (κ1) is 22.9. The van der Waals surface area contributed by atoms with Gasteiger partial charge >= 0.3 is 5.97 Å². The zero-order chi connectivity index (χ0) is 24.1. The van der Waals surface area contributed by atoms with Crippen molar-refractivity contribution in [2.75, 3.05) is 4.31 Å². The van der Waals surface area contributed by atoms with Gasteiger partial charge < -0.3 is 4.74 Å². The van der Waals surface area contributed by atoms with Crippen molar-refractivity contribution in [1.82, 2.24) is 0 Å². The van der Waals surface area contributed by atoms with Crippen LogP contribution in [0.15, 0.2) is 114 Å². The Morgan fingerprint density at radius 3 is 1.76 bits per heavy atom. The Hall–Kier alpha value is -4.23. The molecule has 0 radical (unpaired) electrons. The molecule has 7 heteroatoms. The highest BCUT2D eigenvalue weighted by atomic mass is 32.2. The molecule has 4 aromatic carbocycles. The standard InChI is InChI=1S/C27H21NO5S/c1-20-12-18-25(19-13-20)34(31,32)28(26(29)21-8-4-2-5-9-21)23-14-16-24(17-15-23)33-27(30)22-10-6-3-7-11-22/h2-19H,1H3. The topological polar surface area (TPSA) is 80.8 Å². The molecule has 0 unspecified atom stereocenters. The Kier molecular flexibility index (Phi) is 6.56. The molecular formula is C27H21NO5S. The number of amides is 1. The summed E-state index contributed by atoms with van der Waals surface area (Å²) in [4.78, 5) is 25.6. The largest absolute Gasteiger partial charge is 0.423 e. The smallest absolute Gasteiger partial charge is 0.343 e. The molecular weight excluding hydrogens is 450 g/mol. The normalized spacial score (nSPS) is 11.0. The predicted octanol–water partition coefficient (Wildman–Crippen LogP) is 5.25. The summed E-state index contributed by atoms with van der Waals surface area (Å²) in [6.45, 7) is 1.85. The average molecular weight is 472 g/mol. The lowest BCUT2D eigenvalue weighted by Gasteiger charge is -2.23. The van der Waals surface area contributed by atoms with Crippen LogP contribution in [0.1, 0.15) is 26.3 Å². The van der Waals surface area contributed by atoms with Crippen LogP contribution in [0, 0.1) is 6.92 Å². The van der Waals surface area contributed by atoms with Gasteiger partial charge in [0.15, 0.2) is 0 Å². The minimum Gasteiger partial charge on any atom is -0.423 e. The van der Waals surface area contributed by atoms with Crippen molar-refractivity contribution in [3.8, 4) is 5.75 Å². The van der Waals surface area contributed by atoms with Crippen molar-refractivity contribution in [3.63, 3.8) is 0 Å². The van der Waals surface area contributed by atoms with Crippen molar-refractivity contribution < 1.29 is 22.7 Å². The fourth-order valence-corrected chi connectivity index (χ4v) is 4.68. The Morgan fingerprint density at radius 2 is 1.21 bits per heavy atom. The first-order valence-corrected chi connectivity index (χ1v) is 11.9. The maximum Gasteiger partial charge on any atom is 0.343 e. The van der Waals surface area contributed by atoms with Gasteiger partial charge in [-0.2, -0.15) is 4.31 Å². The second-order valence-corrected chi connectivity index (χ2v) is 9.29. The van der Waals surface area contributed by atoms with E-state index in [1.54, 1.807) is 72.8 Å². The van der Waals surface area contributed by atoms with Crippen molar-refractivity contribution in [2.24, 2.45) is 0 Å². The van der Waals surface area contributed by atoms with Gasteiger partial charge in [0.05, 0.1) is 16.1 Å². The second-order valence-electron chi connectivity index (χ2n) is 7.50. The highest BCUT2D eigenvalue weighted by Gasteiger charge is 2.32. The Labute approximate surface area is 198 Å². The maximum atomic E-state index is 13.5. The van der Waals surface area contributed by atoms with Gasteiger partial charge in [-0.05, 0) is 67.6 Å². The van der Waals surface area contributed by atoms with E-state index in [0.717, 1.165) is 9.87 Å². The van der Waals surface area contributed by atoms with E-state index >= 15 is 0 Å². The number of benzene rings is 4. The van der Waals surface area contributed by atoms with Gasteiger partial charge in [0, 0.05) is 5.56 Å². The summed E-state index contributed by atoms with van der Waals surface area (Å²) < 4.78 is 33.2. The van der Waals surface area contributed by atoms with Crippen LogP contribution in [0.2, 0.25) is 0 Å². The van der Waals surface area contributed by atoms with E-state index < -0.39 is 21.9 Å². The molecule has 0 heterocycles. The van der Waals surface area contributed by atoms with Gasteiger partial charge in [-0.1, -0.05) is 54.1 Å². The number of sulfonamides is 1. The zero-order valence-corrected chi connectivity index (χ0v) is 19.1. The molecule has 0 atom stereocenters. The summed E-state index contributed by atoms with van der Waals surface area (Å²) in [6, 6.07) is 28.7. The number of hydrogen-bond donors (Lipinski definition) is 0. The number of carbonyl (C=O) groups excluding carboxylic acids is 2. The Balaban J connectivity index is 1.70. The van der Waals surface area contributed by atoms with Gasteiger partial charge in [-0.3, -0.25) is 4.79 Å². The fourth-order valence-electron chi connectivity index (χ4n) is 3.27. The third-order valence-corrected chi connectivity index (χ3v) is 6.78. The SMILES string of the molecule is Cc1ccc(S(=O)(=O)N(C(=O)c2ccccc2)c2ccc(OC(=O)c3ccccc3)cc2)cc1. The molecule has 0 aliphatic heterocycles. The third kappa shape index (κ3) is 4.89. The quantitative estimate of drug-likeness (QED) is 0.283. The summed E-state index contributed by atoms with van der Waals surface area (Å²) in [5.41, 5.74) is 1.62. The maximum absolute atomic E-state index is 13.5. The molecule has 6 nitrogen and oxygen atoms in total. The molecule has 1 amide bonds. The van der Waals surface area contributed by atoms with Gasteiger partial charge in [0.2, 0.25) is 0 Å². The van der Waals surface area contributed by atoms with Crippen LogP contribution in [-0.2, 0) is 10.0 Å². The molecule has 0 N–H and O–H groups in total. The van der Waals surface area contributed by atoms with Crippen LogP contribution < -0.4 is 9.04 Å². The number of esters is 1. The summed E-state index contributed by atoms with van der Waals surface area (Å²) in [6.07, 6.45) is 0. The molecule has 0 bridgehead atoms. The highest BCUT2D eigenvalue weighted by molar-refractivity contribution is 7.93. The fraction of sp³-hybridized carbons (Fsp3) is 0.0370. The van der Waals surface area contributed by atoms with Gasteiger partial charge in [0.25, 0.3) is 15.9 Å². The highest BCUT2D eigenvalue weighted by Crippen LogP contribution is 2.28. The number of rotatable bonds is 6. The Morgan fingerprint density at radius 1 is 0.676 bits per heavy atom. The lowest BCUT2D eigenvalue weighted by atomic mass is 10.2. The van der Waals surface area contributed by atoms with Crippen LogP contribution in [0.3, 0.4) is 0 Å². The lowest BCUT2D eigenvalue weighted by Crippen LogP contribution is -2.37. The van der Waals surface area contributed by atoms with Gasteiger partial charge in [-0.15, -0.1) is 0 Å². The first-order valence-electron chi connectivity index (χ1n) is 10.4. The molecule has 0 aromatic heterocycles. The average Bonchev–Trinajstić information content (AvgIpc) is 2.86. The van der Waals surface area contributed by atoms with Crippen molar-refractivity contribution in [2.45, 2.75) is 11.8 Å². The first-order chi connectivity index (χ1) is 16.4. The van der Waals surface area contributed by atoms with Crippen LogP contribution in [0.25, 0.3) is 0 Å². The predicted molar refractivity (Wildman–Crippen MR) is 129 cm³/mol. The molecule has 0 aliphatic rings. The number of ether oxygens (including phenoxy) is 1. The molecule has 4 rings (SSSR count). The molecule has 0 fully saturated rings. The number of nitrogens with zero attached hydrogens (tertiary/aromatic N) is 1. The molecule has 0 spiro atoms. The van der Waals surface area contributed by atoms with Crippen LogP contribution in [0.4, 0.5) is 5.69 Å². The summed E-state index contributed by atoms with van der Waals surface area (Å²) in [5, 5.41) is 0. The van der Waals surface area contributed by atoms with Gasteiger partial charge in [0.1, 0.15) is 5.75 Å². The van der Waals surface area contributed by atoms with Crippen LogP contribution >= 0.6 is 0 Å². The number of aryl methyl sites for hydroxylation is 1. The molecule has 0 saturated heterocycles. The monoisotopic (exact) mass is 471 g/mol. The Bertz CT molecular complexity index is 1400. The van der Waals surface area contributed by atoms with E-state index in [2.05, 4.69) is 0 Å². The van der Waals surface area contributed by atoms with Crippen molar-refractivity contribution in [1.29, 1.82) is 0 Å². The third-order valence-electron chi connectivity index (χ3n) is 5.06. The van der Waals surface area contributed by atoms with Crippen LogP contribution in [0.5, 0.6) is 5.75 Å². The number of anilines is 1. The summed E-state index contributed by atoms with van der Waals surface area (Å²) in [7, 11) is -4.22. The zero-order valence-electron chi connectivity index (χ0n) is 18.3. The minimum atomic E-state index is -4.22. The molecule has 4 aromatic rings. The molecule has 170 valence electrons. The van der Waals surface area contributed by atoms with Crippen molar-refractivity contribution >= 4 is 27.6 Å². The molecule has 0 saturated carbocycles. The minimum absolute atomic E-state index is 0.0121.